The van der Waals surface area contributed by atoms with Crippen molar-refractivity contribution in [3.8, 4) is 0 Å². The van der Waals surface area contributed by atoms with Crippen LogP contribution in [0, 0.1) is 0 Å². The largest absolute Gasteiger partial charge is 0.311 e. The number of hydrogen-bond acceptors (Lipinski definition) is 3. The monoisotopic (exact) mass is 274 g/mol. The number of rotatable bonds is 2. The Morgan fingerprint density at radius 1 is 1.64 bits per heavy atom. The summed E-state index contributed by atoms with van der Waals surface area (Å²) in [6.07, 6.45) is 1.15. The number of thiophene rings is 1. The van der Waals surface area contributed by atoms with Crippen LogP contribution in [0.2, 0.25) is 0 Å². The van der Waals surface area contributed by atoms with Crippen LogP contribution < -0.4 is 5.32 Å². The topological polar surface area (TPSA) is 15.3 Å². The van der Waals surface area contributed by atoms with E-state index in [4.69, 9.17) is 0 Å². The summed E-state index contributed by atoms with van der Waals surface area (Å²) in [7, 11) is 2.19. The van der Waals surface area contributed by atoms with Crippen LogP contribution in [0.15, 0.2) is 15.9 Å². The van der Waals surface area contributed by atoms with Crippen LogP contribution in [-0.4, -0.2) is 37.6 Å². The maximum atomic E-state index is 3.56. The van der Waals surface area contributed by atoms with Gasteiger partial charge in [0.1, 0.15) is 0 Å². The number of nitrogens with zero attached hydrogens (tertiary/aromatic N) is 1. The molecule has 2 rings (SSSR count). The molecule has 1 atom stereocenters. The van der Waals surface area contributed by atoms with Crippen LogP contribution in [-0.2, 0) is 6.42 Å². The smallest absolute Gasteiger partial charge is 0.0701 e. The predicted molar refractivity (Wildman–Crippen MR) is 65.0 cm³/mol. The number of piperazine rings is 1. The van der Waals surface area contributed by atoms with E-state index < -0.39 is 0 Å². The van der Waals surface area contributed by atoms with Gasteiger partial charge in [-0.3, -0.25) is 0 Å². The fraction of sp³-hybridized carbons (Fsp3) is 0.600. The number of nitrogens with one attached hydrogen (secondary N) is 1. The fourth-order valence-electron chi connectivity index (χ4n) is 1.83. The van der Waals surface area contributed by atoms with E-state index >= 15 is 0 Å². The molecule has 1 aliphatic heterocycles. The minimum Gasteiger partial charge on any atom is -0.311 e. The molecule has 0 aromatic carbocycles. The molecular formula is C10H15BrN2S. The number of likely N-dealkylation sites (N-methyl/N-ethyl adjacent to an activating group) is 1. The molecule has 1 saturated heterocycles. The Bertz CT molecular complexity index is 300. The van der Waals surface area contributed by atoms with Crippen LogP contribution in [0.3, 0.4) is 0 Å². The summed E-state index contributed by atoms with van der Waals surface area (Å²) < 4.78 is 1.23. The van der Waals surface area contributed by atoms with Gasteiger partial charge in [0.05, 0.1) is 3.79 Å². The lowest BCUT2D eigenvalue weighted by Crippen LogP contribution is -2.49. The van der Waals surface area contributed by atoms with Crippen molar-refractivity contribution in [3.63, 3.8) is 0 Å². The summed E-state index contributed by atoms with van der Waals surface area (Å²) in [4.78, 5) is 3.86. The van der Waals surface area contributed by atoms with Gasteiger partial charge in [0.2, 0.25) is 0 Å². The highest BCUT2D eigenvalue weighted by molar-refractivity contribution is 9.11. The fourth-order valence-corrected chi connectivity index (χ4v) is 3.40. The number of hydrogen-bond donors (Lipinski definition) is 1. The van der Waals surface area contributed by atoms with Gasteiger partial charge in [-0.05, 0) is 41.5 Å². The first-order chi connectivity index (χ1) is 6.74. The van der Waals surface area contributed by atoms with Gasteiger partial charge in [-0.15, -0.1) is 11.3 Å². The molecule has 0 radical (unpaired) electrons. The van der Waals surface area contributed by atoms with E-state index in [9.17, 15) is 0 Å². The maximum absolute atomic E-state index is 3.56. The molecule has 0 amide bonds. The summed E-state index contributed by atoms with van der Waals surface area (Å²) in [5.41, 5.74) is 0. The normalized spacial score (nSPS) is 24.0. The van der Waals surface area contributed by atoms with E-state index in [-0.39, 0.29) is 0 Å². The molecule has 2 nitrogen and oxygen atoms in total. The Kier molecular flexibility index (Phi) is 3.60. The first kappa shape index (κ1) is 10.6. The second-order valence-corrected chi connectivity index (χ2v) is 6.37. The summed E-state index contributed by atoms with van der Waals surface area (Å²) in [6.45, 7) is 3.45. The first-order valence-electron chi connectivity index (χ1n) is 4.90. The molecule has 2 heterocycles. The second kappa shape index (κ2) is 4.75. The van der Waals surface area contributed by atoms with Crippen LogP contribution >= 0.6 is 27.3 Å². The molecule has 0 spiro atoms. The summed E-state index contributed by atoms with van der Waals surface area (Å²) in [5, 5.41) is 3.56. The Hall–Kier alpha value is 0.1000. The minimum atomic E-state index is 0.624. The molecule has 1 N–H and O–H groups in total. The molecule has 0 saturated carbocycles. The molecule has 1 aromatic heterocycles. The van der Waals surface area contributed by atoms with Crippen LogP contribution in [0.1, 0.15) is 4.88 Å². The molecule has 14 heavy (non-hydrogen) atoms. The third-order valence-electron chi connectivity index (χ3n) is 2.54. The summed E-state index contributed by atoms with van der Waals surface area (Å²) in [6, 6.07) is 4.97. The zero-order valence-electron chi connectivity index (χ0n) is 8.29. The molecule has 0 aliphatic carbocycles. The van der Waals surface area contributed by atoms with Crippen molar-refractivity contribution in [1.82, 2.24) is 10.2 Å². The van der Waals surface area contributed by atoms with Gasteiger partial charge >= 0.3 is 0 Å². The molecule has 4 heteroatoms. The Morgan fingerprint density at radius 2 is 2.50 bits per heavy atom. The Morgan fingerprint density at radius 3 is 3.14 bits per heavy atom. The Labute approximate surface area is 97.4 Å². The highest BCUT2D eigenvalue weighted by Crippen LogP contribution is 2.23. The average Bonchev–Trinajstić information content (AvgIpc) is 2.51. The van der Waals surface area contributed by atoms with E-state index in [1.165, 1.54) is 15.2 Å². The molecule has 1 aromatic rings. The van der Waals surface area contributed by atoms with Gasteiger partial charge in [-0.25, -0.2) is 0 Å². The van der Waals surface area contributed by atoms with Gasteiger partial charge in [-0.2, -0.15) is 0 Å². The summed E-state index contributed by atoms with van der Waals surface area (Å²) in [5.74, 6) is 0. The van der Waals surface area contributed by atoms with Gasteiger partial charge < -0.3 is 10.2 Å². The van der Waals surface area contributed by atoms with E-state index in [0.717, 1.165) is 19.5 Å². The predicted octanol–water partition coefficient (Wildman–Crippen LogP) is 1.96. The zero-order chi connectivity index (χ0) is 9.97. The lowest BCUT2D eigenvalue weighted by atomic mass is 10.1. The van der Waals surface area contributed by atoms with E-state index in [1.807, 2.05) is 11.3 Å². The van der Waals surface area contributed by atoms with Gasteiger partial charge in [0.25, 0.3) is 0 Å². The van der Waals surface area contributed by atoms with Crippen LogP contribution in [0.5, 0.6) is 0 Å². The van der Waals surface area contributed by atoms with Gasteiger partial charge in [0.15, 0.2) is 0 Å². The van der Waals surface area contributed by atoms with Crippen molar-refractivity contribution in [3.05, 3.63) is 20.8 Å². The molecule has 1 fully saturated rings. The Balaban J connectivity index is 1.90. The van der Waals surface area contributed by atoms with Crippen molar-refractivity contribution in [2.75, 3.05) is 26.7 Å². The highest BCUT2D eigenvalue weighted by Gasteiger charge is 2.16. The van der Waals surface area contributed by atoms with Crippen LogP contribution in [0.25, 0.3) is 0 Å². The maximum Gasteiger partial charge on any atom is 0.0701 e. The van der Waals surface area contributed by atoms with Crippen molar-refractivity contribution in [1.29, 1.82) is 0 Å². The standard InChI is InChI=1S/C10H15BrN2S/c1-13-5-4-12-8(7-13)6-9-2-3-10(11)14-9/h2-3,8,12H,4-7H2,1H3. The minimum absolute atomic E-state index is 0.624. The van der Waals surface area contributed by atoms with Gasteiger partial charge in [0, 0.05) is 30.6 Å². The highest BCUT2D eigenvalue weighted by atomic mass is 79.9. The van der Waals surface area contributed by atoms with Gasteiger partial charge in [-0.1, -0.05) is 0 Å². The lowest BCUT2D eigenvalue weighted by molar-refractivity contribution is 0.238. The van der Waals surface area contributed by atoms with Crippen LogP contribution in [0.4, 0.5) is 0 Å². The van der Waals surface area contributed by atoms with Crippen molar-refractivity contribution in [2.24, 2.45) is 0 Å². The second-order valence-electron chi connectivity index (χ2n) is 3.82. The lowest BCUT2D eigenvalue weighted by Gasteiger charge is -2.30. The molecule has 78 valence electrons. The quantitative estimate of drug-likeness (QED) is 0.887. The SMILES string of the molecule is CN1CCNC(Cc2ccc(Br)s2)C1. The average molecular weight is 275 g/mol. The molecule has 0 bridgehead atoms. The molecule has 1 unspecified atom stereocenters. The third-order valence-corrected chi connectivity index (χ3v) is 4.18. The molecular weight excluding hydrogens is 260 g/mol. The first-order valence-corrected chi connectivity index (χ1v) is 6.51. The van der Waals surface area contributed by atoms with Crippen molar-refractivity contribution < 1.29 is 0 Å². The molecule has 1 aliphatic rings. The van der Waals surface area contributed by atoms with E-state index in [0.29, 0.717) is 6.04 Å². The van der Waals surface area contributed by atoms with E-state index in [1.54, 1.807) is 0 Å². The van der Waals surface area contributed by atoms with Crippen molar-refractivity contribution in [2.45, 2.75) is 12.5 Å². The summed E-state index contributed by atoms with van der Waals surface area (Å²) >= 11 is 5.34. The number of halogens is 1. The van der Waals surface area contributed by atoms with Crippen molar-refractivity contribution >= 4 is 27.3 Å². The third kappa shape index (κ3) is 2.79. The zero-order valence-corrected chi connectivity index (χ0v) is 10.7. The van der Waals surface area contributed by atoms with E-state index in [2.05, 4.69) is 45.3 Å².